The lowest BCUT2D eigenvalue weighted by atomic mass is 10.1. The van der Waals surface area contributed by atoms with Crippen molar-refractivity contribution in [2.75, 3.05) is 5.32 Å². The summed E-state index contributed by atoms with van der Waals surface area (Å²) in [7, 11) is 0. The van der Waals surface area contributed by atoms with Crippen LogP contribution in [0.3, 0.4) is 0 Å². The van der Waals surface area contributed by atoms with E-state index in [0.29, 0.717) is 22.4 Å². The van der Waals surface area contributed by atoms with E-state index in [4.69, 9.17) is 0 Å². The second-order valence-electron chi connectivity index (χ2n) is 7.34. The van der Waals surface area contributed by atoms with Gasteiger partial charge in [0.25, 0.3) is 0 Å². The Hall–Kier alpha value is -4.53. The van der Waals surface area contributed by atoms with Crippen LogP contribution in [0.2, 0.25) is 0 Å². The molecule has 0 saturated carbocycles. The SMILES string of the molecule is CC(=O)c1cccc(NC(=O)Cn2nc3c4cc(-c5ccccc5)nn4ccn3c2=O)c1. The maximum Gasteiger partial charge on any atom is 0.350 e. The van der Waals surface area contributed by atoms with Crippen molar-refractivity contribution in [3.63, 3.8) is 0 Å². The number of nitrogens with zero attached hydrogens (tertiary/aromatic N) is 5. The number of fused-ring (bicyclic) bond motifs is 3. The highest BCUT2D eigenvalue weighted by Gasteiger charge is 2.15. The van der Waals surface area contributed by atoms with Gasteiger partial charge in [-0.15, -0.1) is 5.10 Å². The average Bonchev–Trinajstić information content (AvgIpc) is 3.36. The van der Waals surface area contributed by atoms with Crippen molar-refractivity contribution in [3.05, 3.63) is 89.1 Å². The van der Waals surface area contributed by atoms with Crippen LogP contribution < -0.4 is 11.0 Å². The van der Waals surface area contributed by atoms with E-state index in [1.54, 1.807) is 41.2 Å². The van der Waals surface area contributed by atoms with Crippen LogP contribution in [0.4, 0.5) is 5.69 Å². The molecular formula is C23H18N6O3. The number of carbonyl (C=O) groups excluding carboxylic acids is 2. The smallest absolute Gasteiger partial charge is 0.324 e. The Balaban J connectivity index is 1.46. The van der Waals surface area contributed by atoms with Gasteiger partial charge in [0.2, 0.25) is 5.91 Å². The van der Waals surface area contributed by atoms with Gasteiger partial charge in [-0.25, -0.2) is 18.4 Å². The van der Waals surface area contributed by atoms with Crippen LogP contribution in [-0.4, -0.2) is 35.5 Å². The Morgan fingerprint density at radius 1 is 0.969 bits per heavy atom. The Bertz CT molecular complexity index is 1540. The number of aromatic nitrogens is 5. The first-order chi connectivity index (χ1) is 15.5. The van der Waals surface area contributed by atoms with Gasteiger partial charge in [0, 0.05) is 29.2 Å². The highest BCUT2D eigenvalue weighted by molar-refractivity contribution is 5.97. The van der Waals surface area contributed by atoms with Gasteiger partial charge >= 0.3 is 5.69 Å². The zero-order valence-electron chi connectivity index (χ0n) is 17.1. The van der Waals surface area contributed by atoms with E-state index in [9.17, 15) is 14.4 Å². The number of hydrogen-bond acceptors (Lipinski definition) is 5. The predicted octanol–water partition coefficient (Wildman–Crippen LogP) is 2.65. The lowest BCUT2D eigenvalue weighted by Crippen LogP contribution is -2.28. The number of Topliss-reactive ketones (excluding diaryl/α,β-unsaturated/α-hetero) is 1. The Morgan fingerprint density at radius 2 is 1.78 bits per heavy atom. The normalized spacial score (nSPS) is 11.2. The molecule has 1 N–H and O–H groups in total. The van der Waals surface area contributed by atoms with Crippen LogP contribution in [0.15, 0.2) is 77.9 Å². The second-order valence-corrected chi connectivity index (χ2v) is 7.34. The summed E-state index contributed by atoms with van der Waals surface area (Å²) >= 11 is 0. The summed E-state index contributed by atoms with van der Waals surface area (Å²) in [5.74, 6) is -0.525. The zero-order chi connectivity index (χ0) is 22.2. The van der Waals surface area contributed by atoms with Gasteiger partial charge in [-0.1, -0.05) is 42.5 Å². The molecule has 32 heavy (non-hydrogen) atoms. The molecule has 5 aromatic rings. The van der Waals surface area contributed by atoms with Crippen LogP contribution in [-0.2, 0) is 11.3 Å². The Labute approximate surface area is 181 Å². The molecule has 0 atom stereocenters. The number of ketones is 1. The minimum atomic E-state index is -0.433. The van der Waals surface area contributed by atoms with Gasteiger partial charge in [-0.05, 0) is 25.1 Å². The lowest BCUT2D eigenvalue weighted by molar-refractivity contribution is -0.117. The number of carbonyl (C=O) groups is 2. The van der Waals surface area contributed by atoms with Crippen molar-refractivity contribution in [1.29, 1.82) is 0 Å². The largest absolute Gasteiger partial charge is 0.350 e. The number of hydrogen-bond donors (Lipinski definition) is 1. The van der Waals surface area contributed by atoms with E-state index in [2.05, 4.69) is 15.5 Å². The highest BCUT2D eigenvalue weighted by atomic mass is 16.2. The summed E-state index contributed by atoms with van der Waals surface area (Å²) in [4.78, 5) is 36.9. The predicted molar refractivity (Wildman–Crippen MR) is 119 cm³/mol. The van der Waals surface area contributed by atoms with Crippen LogP contribution in [0, 0.1) is 0 Å². The summed E-state index contributed by atoms with van der Waals surface area (Å²) in [6, 6.07) is 18.2. The lowest BCUT2D eigenvalue weighted by Gasteiger charge is -2.05. The highest BCUT2D eigenvalue weighted by Crippen LogP contribution is 2.21. The molecule has 0 bridgehead atoms. The molecule has 0 aliphatic heterocycles. The van der Waals surface area contributed by atoms with Crippen molar-refractivity contribution >= 4 is 28.5 Å². The van der Waals surface area contributed by atoms with Crippen molar-refractivity contribution in [2.24, 2.45) is 0 Å². The quantitative estimate of drug-likeness (QED) is 0.435. The minimum Gasteiger partial charge on any atom is -0.324 e. The monoisotopic (exact) mass is 426 g/mol. The van der Waals surface area contributed by atoms with E-state index in [0.717, 1.165) is 15.9 Å². The molecule has 158 valence electrons. The average molecular weight is 426 g/mol. The molecule has 9 nitrogen and oxygen atoms in total. The van der Waals surface area contributed by atoms with Gasteiger partial charge < -0.3 is 5.32 Å². The Kier molecular flexibility index (Phi) is 4.63. The maximum absolute atomic E-state index is 12.8. The summed E-state index contributed by atoms with van der Waals surface area (Å²) in [5, 5.41) is 11.6. The van der Waals surface area contributed by atoms with E-state index in [-0.39, 0.29) is 12.3 Å². The van der Waals surface area contributed by atoms with Gasteiger partial charge in [-0.3, -0.25) is 9.59 Å². The van der Waals surface area contributed by atoms with Crippen LogP contribution >= 0.6 is 0 Å². The fourth-order valence-corrected chi connectivity index (χ4v) is 3.54. The van der Waals surface area contributed by atoms with E-state index in [1.807, 2.05) is 36.4 Å². The fourth-order valence-electron chi connectivity index (χ4n) is 3.54. The first-order valence-electron chi connectivity index (χ1n) is 9.93. The molecule has 5 rings (SSSR count). The zero-order valence-corrected chi connectivity index (χ0v) is 17.1. The summed E-state index contributed by atoms with van der Waals surface area (Å²) in [5.41, 5.74) is 3.29. The second kappa shape index (κ2) is 7.62. The molecule has 0 fully saturated rings. The van der Waals surface area contributed by atoms with Gasteiger partial charge in [-0.2, -0.15) is 5.10 Å². The standard InChI is InChI=1S/C23H18N6O3/c1-15(30)17-8-5-9-18(12-17)24-21(31)14-29-23(32)27-10-11-28-20(22(27)26-29)13-19(25-28)16-6-3-2-4-7-16/h2-13H,14H2,1H3,(H,24,31). The third kappa shape index (κ3) is 3.45. The molecule has 3 aromatic heterocycles. The number of benzene rings is 2. The van der Waals surface area contributed by atoms with E-state index < -0.39 is 11.6 Å². The molecule has 0 aliphatic rings. The summed E-state index contributed by atoms with van der Waals surface area (Å²) in [6.45, 7) is 1.19. The van der Waals surface area contributed by atoms with Crippen molar-refractivity contribution in [1.82, 2.24) is 23.8 Å². The first-order valence-corrected chi connectivity index (χ1v) is 9.93. The van der Waals surface area contributed by atoms with Crippen LogP contribution in [0.25, 0.3) is 22.4 Å². The first kappa shape index (κ1) is 19.4. The molecule has 0 unspecified atom stereocenters. The molecular weight excluding hydrogens is 408 g/mol. The fraction of sp³-hybridized carbons (Fsp3) is 0.0870. The number of amides is 1. The molecule has 0 spiro atoms. The van der Waals surface area contributed by atoms with Crippen LogP contribution in [0.1, 0.15) is 17.3 Å². The summed E-state index contributed by atoms with van der Waals surface area (Å²) in [6.07, 6.45) is 3.25. The van der Waals surface area contributed by atoms with Crippen molar-refractivity contribution in [3.8, 4) is 11.3 Å². The molecule has 2 aromatic carbocycles. The van der Waals surface area contributed by atoms with Crippen LogP contribution in [0.5, 0.6) is 0 Å². The molecule has 0 aliphatic carbocycles. The number of rotatable bonds is 5. The third-order valence-corrected chi connectivity index (χ3v) is 5.11. The number of nitrogens with one attached hydrogen (secondary N) is 1. The van der Waals surface area contributed by atoms with Crippen molar-refractivity contribution < 1.29 is 9.59 Å². The third-order valence-electron chi connectivity index (χ3n) is 5.11. The minimum absolute atomic E-state index is 0.0997. The summed E-state index contributed by atoms with van der Waals surface area (Å²) < 4.78 is 4.14. The van der Waals surface area contributed by atoms with Crippen molar-refractivity contribution in [2.45, 2.75) is 13.5 Å². The molecule has 1 amide bonds. The van der Waals surface area contributed by atoms with Gasteiger partial charge in [0.15, 0.2) is 11.4 Å². The van der Waals surface area contributed by atoms with E-state index >= 15 is 0 Å². The molecule has 0 saturated heterocycles. The maximum atomic E-state index is 12.8. The number of anilines is 1. The molecule has 9 heteroatoms. The molecule has 3 heterocycles. The Morgan fingerprint density at radius 3 is 2.56 bits per heavy atom. The van der Waals surface area contributed by atoms with Gasteiger partial charge in [0.1, 0.15) is 12.1 Å². The molecule has 0 radical (unpaired) electrons. The topological polar surface area (TPSA) is 103 Å². The van der Waals surface area contributed by atoms with E-state index in [1.165, 1.54) is 11.3 Å². The van der Waals surface area contributed by atoms with Gasteiger partial charge in [0.05, 0.1) is 5.69 Å².